The van der Waals surface area contributed by atoms with Gasteiger partial charge in [-0.15, -0.1) is 0 Å². The summed E-state index contributed by atoms with van der Waals surface area (Å²) in [5, 5.41) is 10.9. The van der Waals surface area contributed by atoms with Crippen molar-refractivity contribution in [1.82, 2.24) is 9.80 Å². The van der Waals surface area contributed by atoms with Crippen molar-refractivity contribution in [3.63, 3.8) is 0 Å². The molecule has 1 saturated heterocycles. The molecule has 1 saturated carbocycles. The fourth-order valence-electron chi connectivity index (χ4n) is 6.12. The van der Waals surface area contributed by atoms with Crippen LogP contribution in [0.25, 0.3) is 22.3 Å². The molecule has 0 radical (unpaired) electrons. The van der Waals surface area contributed by atoms with Crippen LogP contribution in [0, 0.1) is 0 Å². The second-order valence-electron chi connectivity index (χ2n) is 10.9. The highest BCUT2D eigenvalue weighted by Crippen LogP contribution is 2.42. The Morgan fingerprint density at radius 1 is 0.878 bits per heavy atom. The molecule has 9 nitrogen and oxygen atoms in total. The number of phenolic OH excluding ortho intramolecular Hbond substituents is 1. The second-order valence-corrected chi connectivity index (χ2v) is 10.9. The summed E-state index contributed by atoms with van der Waals surface area (Å²) in [7, 11) is 4.55. The lowest BCUT2D eigenvalue weighted by molar-refractivity contribution is 0.0776. The third kappa shape index (κ3) is 6.57. The first-order chi connectivity index (χ1) is 20.0. The number of rotatable bonds is 11. The molecular formula is C32H42N2O7. The Bertz CT molecular complexity index is 1370. The van der Waals surface area contributed by atoms with Gasteiger partial charge in [-0.1, -0.05) is 19.3 Å². The fraction of sp³-hybridized carbons (Fsp3) is 0.531. The van der Waals surface area contributed by atoms with Gasteiger partial charge in [0.2, 0.25) is 5.75 Å². The number of ether oxygens (including phenoxy) is 4. The van der Waals surface area contributed by atoms with E-state index in [1.165, 1.54) is 58.4 Å². The monoisotopic (exact) mass is 566 g/mol. The molecule has 41 heavy (non-hydrogen) atoms. The van der Waals surface area contributed by atoms with Crippen LogP contribution >= 0.6 is 0 Å². The normalized spacial score (nSPS) is 17.0. The van der Waals surface area contributed by atoms with E-state index in [9.17, 15) is 9.90 Å². The van der Waals surface area contributed by atoms with Crippen LogP contribution in [0.15, 0.2) is 39.5 Å². The van der Waals surface area contributed by atoms with Gasteiger partial charge in [-0.25, -0.2) is 0 Å². The zero-order valence-electron chi connectivity index (χ0n) is 24.4. The molecular weight excluding hydrogens is 524 g/mol. The van der Waals surface area contributed by atoms with E-state index in [-0.39, 0.29) is 27.9 Å². The highest BCUT2D eigenvalue weighted by molar-refractivity contribution is 5.89. The first-order valence-corrected chi connectivity index (χ1v) is 14.7. The Morgan fingerprint density at radius 3 is 2.34 bits per heavy atom. The van der Waals surface area contributed by atoms with Crippen LogP contribution in [0.4, 0.5) is 0 Å². The van der Waals surface area contributed by atoms with Gasteiger partial charge in [-0.2, -0.15) is 0 Å². The summed E-state index contributed by atoms with van der Waals surface area (Å²) in [6.07, 6.45) is 8.78. The van der Waals surface area contributed by atoms with Gasteiger partial charge >= 0.3 is 0 Å². The van der Waals surface area contributed by atoms with Crippen LogP contribution in [-0.2, 0) is 0 Å². The zero-order valence-corrected chi connectivity index (χ0v) is 24.4. The first kappa shape index (κ1) is 29.1. The molecule has 3 aromatic rings. The van der Waals surface area contributed by atoms with E-state index in [0.717, 1.165) is 38.5 Å². The molecule has 5 rings (SSSR count). The second kappa shape index (κ2) is 13.5. The van der Waals surface area contributed by atoms with Crippen molar-refractivity contribution in [2.24, 2.45) is 0 Å². The maximum Gasteiger partial charge on any atom is 0.204 e. The highest BCUT2D eigenvalue weighted by Gasteiger charge is 2.25. The lowest BCUT2D eigenvalue weighted by Gasteiger charge is -2.40. The number of hydrogen-bond acceptors (Lipinski definition) is 9. The van der Waals surface area contributed by atoms with Crippen molar-refractivity contribution in [2.75, 3.05) is 60.7 Å². The lowest BCUT2D eigenvalue weighted by atomic mass is 9.94. The SMILES string of the molecule is COc1ccc(-c2cc(=O)c3c(O)c(OC)c(OCCCCN4CCN(C5CCCCC5)CC4)cc3o2)cc1OC. The summed E-state index contributed by atoms with van der Waals surface area (Å²) in [4.78, 5) is 18.3. The van der Waals surface area contributed by atoms with E-state index in [4.69, 9.17) is 23.4 Å². The molecule has 0 amide bonds. The molecule has 1 aliphatic carbocycles. The van der Waals surface area contributed by atoms with E-state index < -0.39 is 0 Å². The summed E-state index contributed by atoms with van der Waals surface area (Å²) < 4.78 is 28.2. The van der Waals surface area contributed by atoms with E-state index in [2.05, 4.69) is 9.80 Å². The topological polar surface area (TPSA) is 93.8 Å². The molecule has 0 unspecified atom stereocenters. The van der Waals surface area contributed by atoms with E-state index >= 15 is 0 Å². The third-order valence-corrected chi connectivity index (χ3v) is 8.41. The predicted molar refractivity (Wildman–Crippen MR) is 159 cm³/mol. The summed E-state index contributed by atoms with van der Waals surface area (Å²) in [6.45, 7) is 6.11. The van der Waals surface area contributed by atoms with Gasteiger partial charge in [0.25, 0.3) is 0 Å². The Balaban J connectivity index is 1.21. The van der Waals surface area contributed by atoms with Crippen molar-refractivity contribution in [3.8, 4) is 40.1 Å². The van der Waals surface area contributed by atoms with Gasteiger partial charge < -0.3 is 33.4 Å². The van der Waals surface area contributed by atoms with E-state index in [1.54, 1.807) is 38.5 Å². The molecule has 2 heterocycles. The van der Waals surface area contributed by atoms with Gasteiger partial charge in [0, 0.05) is 49.9 Å². The average Bonchev–Trinajstić information content (AvgIpc) is 3.01. The van der Waals surface area contributed by atoms with Gasteiger partial charge in [0.05, 0.1) is 27.9 Å². The number of phenols is 1. The minimum atomic E-state index is -0.387. The molecule has 1 N–H and O–H groups in total. The summed E-state index contributed by atoms with van der Waals surface area (Å²) >= 11 is 0. The molecule has 2 fully saturated rings. The summed E-state index contributed by atoms with van der Waals surface area (Å²) in [5.41, 5.74) is 0.465. The average molecular weight is 567 g/mol. The number of unbranched alkanes of at least 4 members (excludes halogenated alkanes) is 1. The molecule has 2 aromatic carbocycles. The number of hydrogen-bond donors (Lipinski definition) is 1. The molecule has 0 atom stereocenters. The van der Waals surface area contributed by atoms with Crippen molar-refractivity contribution < 1.29 is 28.5 Å². The van der Waals surface area contributed by atoms with Crippen LogP contribution < -0.4 is 24.4 Å². The first-order valence-electron chi connectivity index (χ1n) is 14.7. The van der Waals surface area contributed by atoms with Gasteiger partial charge in [-0.3, -0.25) is 9.69 Å². The van der Waals surface area contributed by atoms with Crippen molar-refractivity contribution in [2.45, 2.75) is 51.0 Å². The summed E-state index contributed by atoms with van der Waals surface area (Å²) in [5.74, 6) is 1.60. The fourth-order valence-corrected chi connectivity index (χ4v) is 6.12. The number of nitrogens with zero attached hydrogens (tertiary/aromatic N) is 2. The molecule has 1 aromatic heterocycles. The summed E-state index contributed by atoms with van der Waals surface area (Å²) in [6, 6.07) is 9.02. The smallest absolute Gasteiger partial charge is 0.204 e. The van der Waals surface area contributed by atoms with E-state index in [1.807, 2.05) is 0 Å². The van der Waals surface area contributed by atoms with Crippen LogP contribution in [0.5, 0.6) is 28.7 Å². The largest absolute Gasteiger partial charge is 0.504 e. The predicted octanol–water partition coefficient (Wildman–Crippen LogP) is 5.30. The molecule has 0 spiro atoms. The number of methoxy groups -OCH3 is 3. The molecule has 2 aliphatic rings. The maximum absolute atomic E-state index is 13.0. The van der Waals surface area contributed by atoms with Crippen LogP contribution in [0.1, 0.15) is 44.9 Å². The van der Waals surface area contributed by atoms with Crippen molar-refractivity contribution in [1.29, 1.82) is 0 Å². The van der Waals surface area contributed by atoms with Crippen LogP contribution in [0.3, 0.4) is 0 Å². The van der Waals surface area contributed by atoms with Gasteiger partial charge in [0.15, 0.2) is 28.4 Å². The van der Waals surface area contributed by atoms with Crippen LogP contribution in [0.2, 0.25) is 0 Å². The number of fused-ring (bicyclic) bond motifs is 1. The lowest BCUT2D eigenvalue weighted by Crippen LogP contribution is -2.50. The van der Waals surface area contributed by atoms with Crippen LogP contribution in [-0.4, -0.2) is 81.6 Å². The Labute approximate surface area is 241 Å². The highest BCUT2D eigenvalue weighted by atomic mass is 16.5. The quantitative estimate of drug-likeness (QED) is 0.310. The molecule has 1 aliphatic heterocycles. The minimum Gasteiger partial charge on any atom is -0.504 e. The van der Waals surface area contributed by atoms with Crippen molar-refractivity contribution >= 4 is 11.0 Å². The maximum atomic E-state index is 13.0. The standard InChI is InChI=1S/C32H42N2O7/c1-37-25-12-11-22(19-27(25)38-2)26-20-24(35)30-28(41-26)21-29(32(39-3)31(30)36)40-18-8-7-13-33-14-16-34(17-15-33)23-9-5-4-6-10-23/h11-12,19-21,23,36H,4-10,13-18H2,1-3H3. The number of piperazine rings is 1. The minimum absolute atomic E-state index is 0.0470. The van der Waals surface area contributed by atoms with Gasteiger partial charge in [-0.05, 0) is 50.4 Å². The zero-order chi connectivity index (χ0) is 28.8. The molecule has 222 valence electrons. The Morgan fingerprint density at radius 2 is 1.63 bits per heavy atom. The van der Waals surface area contributed by atoms with E-state index in [0.29, 0.717) is 35.2 Å². The Kier molecular flexibility index (Phi) is 9.57. The van der Waals surface area contributed by atoms with Crippen molar-refractivity contribution in [3.05, 3.63) is 40.6 Å². The third-order valence-electron chi connectivity index (χ3n) is 8.41. The Hall–Kier alpha value is -3.43. The molecule has 0 bridgehead atoms. The number of aromatic hydroxyl groups is 1. The van der Waals surface area contributed by atoms with Gasteiger partial charge in [0.1, 0.15) is 16.7 Å². The number of benzene rings is 2. The molecule has 9 heteroatoms.